The Balaban J connectivity index is 1.52. The van der Waals surface area contributed by atoms with Crippen LogP contribution in [0.15, 0.2) is 65.3 Å². The number of pyridine rings is 1. The van der Waals surface area contributed by atoms with Crippen LogP contribution < -0.4 is 10.2 Å². The van der Waals surface area contributed by atoms with Crippen molar-refractivity contribution in [2.45, 2.75) is 19.4 Å². The number of benzene rings is 1. The Bertz CT molecular complexity index is 966. The summed E-state index contributed by atoms with van der Waals surface area (Å²) in [5, 5.41) is 2.74. The number of carbonyl (C=O) groups is 2. The number of nitrogens with one attached hydrogen (secondary N) is 1. The molecule has 0 spiro atoms. The first kappa shape index (κ1) is 17.0. The SMILES string of the molecule is O=C(NCc1ccco1)c1cccc(C(=O)N2CCCc3ccccc32)n1. The quantitative estimate of drug-likeness (QED) is 0.774. The van der Waals surface area contributed by atoms with E-state index in [1.165, 1.54) is 0 Å². The van der Waals surface area contributed by atoms with Crippen molar-refractivity contribution in [2.24, 2.45) is 0 Å². The zero-order chi connectivity index (χ0) is 18.6. The van der Waals surface area contributed by atoms with E-state index >= 15 is 0 Å². The van der Waals surface area contributed by atoms with Crippen LogP contribution in [0.4, 0.5) is 5.69 Å². The molecule has 0 saturated carbocycles. The average molecular weight is 361 g/mol. The molecule has 0 aliphatic carbocycles. The average Bonchev–Trinajstić information content (AvgIpc) is 3.25. The lowest BCUT2D eigenvalue weighted by Gasteiger charge is -2.29. The lowest BCUT2D eigenvalue weighted by molar-refractivity contribution is 0.0942. The minimum absolute atomic E-state index is 0.192. The van der Waals surface area contributed by atoms with Crippen LogP contribution in [0.1, 0.15) is 38.7 Å². The van der Waals surface area contributed by atoms with E-state index in [1.54, 1.807) is 41.5 Å². The highest BCUT2D eigenvalue weighted by atomic mass is 16.3. The molecule has 0 fully saturated rings. The molecule has 0 radical (unpaired) electrons. The third-order valence-corrected chi connectivity index (χ3v) is 4.56. The molecule has 2 aromatic heterocycles. The van der Waals surface area contributed by atoms with Gasteiger partial charge in [-0.25, -0.2) is 4.98 Å². The van der Waals surface area contributed by atoms with Gasteiger partial charge >= 0.3 is 0 Å². The van der Waals surface area contributed by atoms with Crippen LogP contribution in [0, 0.1) is 0 Å². The third-order valence-electron chi connectivity index (χ3n) is 4.56. The number of amides is 2. The van der Waals surface area contributed by atoms with Gasteiger partial charge in [-0.15, -0.1) is 0 Å². The minimum Gasteiger partial charge on any atom is -0.467 e. The molecule has 1 aromatic carbocycles. The Hall–Kier alpha value is -3.41. The first-order valence-electron chi connectivity index (χ1n) is 8.90. The fraction of sp³-hybridized carbons (Fsp3) is 0.190. The van der Waals surface area contributed by atoms with Gasteiger partial charge in [-0.2, -0.15) is 0 Å². The number of carbonyl (C=O) groups excluding carboxylic acids is 2. The smallest absolute Gasteiger partial charge is 0.276 e. The van der Waals surface area contributed by atoms with Gasteiger partial charge in [0.1, 0.15) is 17.1 Å². The van der Waals surface area contributed by atoms with Crippen LogP contribution >= 0.6 is 0 Å². The van der Waals surface area contributed by atoms with Crippen LogP contribution in [0.5, 0.6) is 0 Å². The number of hydrogen-bond acceptors (Lipinski definition) is 4. The van der Waals surface area contributed by atoms with E-state index in [2.05, 4.69) is 10.3 Å². The van der Waals surface area contributed by atoms with Gasteiger partial charge in [-0.1, -0.05) is 24.3 Å². The van der Waals surface area contributed by atoms with Gasteiger partial charge in [-0.05, 0) is 48.7 Å². The molecule has 1 N–H and O–H groups in total. The van der Waals surface area contributed by atoms with Gasteiger partial charge < -0.3 is 14.6 Å². The minimum atomic E-state index is -0.347. The number of hydrogen-bond donors (Lipinski definition) is 1. The first-order chi connectivity index (χ1) is 13.2. The molecule has 136 valence electrons. The van der Waals surface area contributed by atoms with Crippen molar-refractivity contribution < 1.29 is 14.0 Å². The van der Waals surface area contributed by atoms with Crippen LogP contribution in [-0.4, -0.2) is 23.3 Å². The molecule has 2 amide bonds. The number of aryl methyl sites for hydroxylation is 1. The lowest BCUT2D eigenvalue weighted by Crippen LogP contribution is -2.36. The second-order valence-corrected chi connectivity index (χ2v) is 6.36. The second-order valence-electron chi connectivity index (χ2n) is 6.36. The lowest BCUT2D eigenvalue weighted by atomic mass is 10.0. The van der Waals surface area contributed by atoms with Crippen molar-refractivity contribution in [3.05, 3.63) is 83.6 Å². The molecule has 3 heterocycles. The molecular formula is C21H19N3O3. The molecule has 1 aliphatic heterocycles. The number of nitrogens with zero attached hydrogens (tertiary/aromatic N) is 2. The summed E-state index contributed by atoms with van der Waals surface area (Å²) in [6.45, 7) is 0.914. The van der Waals surface area contributed by atoms with E-state index in [0.29, 0.717) is 12.3 Å². The van der Waals surface area contributed by atoms with E-state index < -0.39 is 0 Å². The topological polar surface area (TPSA) is 75.4 Å². The maximum Gasteiger partial charge on any atom is 0.276 e. The molecule has 6 heteroatoms. The van der Waals surface area contributed by atoms with E-state index in [9.17, 15) is 9.59 Å². The maximum atomic E-state index is 13.0. The Morgan fingerprint density at radius 3 is 2.74 bits per heavy atom. The summed E-state index contributed by atoms with van der Waals surface area (Å²) in [4.78, 5) is 31.4. The van der Waals surface area contributed by atoms with Crippen LogP contribution in [0.3, 0.4) is 0 Å². The molecule has 0 unspecified atom stereocenters. The molecule has 27 heavy (non-hydrogen) atoms. The highest BCUT2D eigenvalue weighted by Crippen LogP contribution is 2.27. The normalized spacial score (nSPS) is 13.1. The predicted molar refractivity (Wildman–Crippen MR) is 101 cm³/mol. The number of furan rings is 1. The molecule has 0 bridgehead atoms. The number of aromatic nitrogens is 1. The fourth-order valence-electron chi connectivity index (χ4n) is 3.23. The third kappa shape index (κ3) is 3.60. The Kier molecular flexibility index (Phi) is 4.70. The number of para-hydroxylation sites is 1. The number of anilines is 1. The fourth-order valence-corrected chi connectivity index (χ4v) is 3.23. The molecule has 4 rings (SSSR count). The van der Waals surface area contributed by atoms with Gasteiger partial charge in [0.15, 0.2) is 0 Å². The summed E-state index contributed by atoms with van der Waals surface area (Å²) in [6.07, 6.45) is 3.42. The summed E-state index contributed by atoms with van der Waals surface area (Å²) in [7, 11) is 0. The predicted octanol–water partition coefficient (Wildman–Crippen LogP) is 3.20. The standard InChI is InChI=1S/C21H19N3O3/c25-20(22-14-16-8-5-13-27-16)17-9-3-10-18(23-17)21(26)24-12-4-7-15-6-1-2-11-19(15)24/h1-3,5-6,8-11,13H,4,7,12,14H2,(H,22,25). The van der Waals surface area contributed by atoms with Crippen molar-refractivity contribution >= 4 is 17.5 Å². The van der Waals surface area contributed by atoms with Gasteiger partial charge in [0.05, 0.1) is 12.8 Å². The summed E-state index contributed by atoms with van der Waals surface area (Å²) in [6, 6.07) is 16.4. The van der Waals surface area contributed by atoms with E-state index in [-0.39, 0.29) is 29.7 Å². The molecule has 6 nitrogen and oxygen atoms in total. The number of fused-ring (bicyclic) bond motifs is 1. The molecule has 0 saturated heterocycles. The van der Waals surface area contributed by atoms with Gasteiger partial charge in [0.25, 0.3) is 11.8 Å². The molecular weight excluding hydrogens is 342 g/mol. The van der Waals surface area contributed by atoms with Crippen molar-refractivity contribution in [3.8, 4) is 0 Å². The summed E-state index contributed by atoms with van der Waals surface area (Å²) >= 11 is 0. The Labute approximate surface area is 156 Å². The van der Waals surface area contributed by atoms with Crippen molar-refractivity contribution in [1.29, 1.82) is 0 Å². The van der Waals surface area contributed by atoms with E-state index in [4.69, 9.17) is 4.42 Å². The monoisotopic (exact) mass is 361 g/mol. The molecule has 0 atom stereocenters. The van der Waals surface area contributed by atoms with Crippen LogP contribution in [0.25, 0.3) is 0 Å². The first-order valence-corrected chi connectivity index (χ1v) is 8.90. The van der Waals surface area contributed by atoms with E-state index in [0.717, 1.165) is 24.1 Å². The highest BCUT2D eigenvalue weighted by Gasteiger charge is 2.24. The zero-order valence-corrected chi connectivity index (χ0v) is 14.7. The van der Waals surface area contributed by atoms with Crippen LogP contribution in [0.2, 0.25) is 0 Å². The number of rotatable bonds is 4. The van der Waals surface area contributed by atoms with Gasteiger partial charge in [0, 0.05) is 12.2 Å². The summed E-state index contributed by atoms with van der Waals surface area (Å²) in [5.74, 6) is 0.114. The van der Waals surface area contributed by atoms with Crippen LogP contribution in [-0.2, 0) is 13.0 Å². The zero-order valence-electron chi connectivity index (χ0n) is 14.7. The molecule has 3 aromatic rings. The van der Waals surface area contributed by atoms with E-state index in [1.807, 2.05) is 24.3 Å². The largest absolute Gasteiger partial charge is 0.467 e. The Morgan fingerprint density at radius 1 is 1.04 bits per heavy atom. The van der Waals surface area contributed by atoms with Crippen molar-refractivity contribution in [3.63, 3.8) is 0 Å². The molecule has 1 aliphatic rings. The highest BCUT2D eigenvalue weighted by molar-refractivity contribution is 6.06. The second kappa shape index (κ2) is 7.45. The van der Waals surface area contributed by atoms with Gasteiger partial charge in [0.2, 0.25) is 0 Å². The van der Waals surface area contributed by atoms with Crippen molar-refractivity contribution in [2.75, 3.05) is 11.4 Å². The summed E-state index contributed by atoms with van der Waals surface area (Å²) in [5.41, 5.74) is 2.54. The van der Waals surface area contributed by atoms with Crippen molar-refractivity contribution in [1.82, 2.24) is 10.3 Å². The maximum absolute atomic E-state index is 13.0. The van der Waals surface area contributed by atoms with Gasteiger partial charge in [-0.3, -0.25) is 9.59 Å². The Morgan fingerprint density at radius 2 is 1.89 bits per heavy atom. The summed E-state index contributed by atoms with van der Waals surface area (Å²) < 4.78 is 5.20.